The number of fused-ring (bicyclic) bond motifs is 5. The van der Waals surface area contributed by atoms with E-state index >= 15 is 0 Å². The van der Waals surface area contributed by atoms with E-state index in [1.165, 1.54) is 9.30 Å². The first-order valence-electron chi connectivity index (χ1n) is 6.65. The summed E-state index contributed by atoms with van der Waals surface area (Å²) in [4.78, 5) is 36.7. The summed E-state index contributed by atoms with van der Waals surface area (Å²) in [6.45, 7) is 0. The van der Waals surface area contributed by atoms with Crippen LogP contribution >= 0.6 is 0 Å². The fourth-order valence-corrected chi connectivity index (χ4v) is 4.05. The van der Waals surface area contributed by atoms with Gasteiger partial charge in [0.05, 0.1) is 5.54 Å². The van der Waals surface area contributed by atoms with Crippen LogP contribution in [0.15, 0.2) is 9.59 Å². The second-order valence-corrected chi connectivity index (χ2v) is 5.92. The number of H-pyrrole nitrogens is 1. The summed E-state index contributed by atoms with van der Waals surface area (Å²) in [6, 6.07) is 0.397. The van der Waals surface area contributed by atoms with Crippen molar-refractivity contribution >= 4 is 11.2 Å². The van der Waals surface area contributed by atoms with E-state index in [1.807, 2.05) is 0 Å². The summed E-state index contributed by atoms with van der Waals surface area (Å²) in [5, 5.41) is 0. The predicted molar refractivity (Wildman–Crippen MR) is 65.2 cm³/mol. The Labute approximate surface area is 106 Å². The van der Waals surface area contributed by atoms with Crippen LogP contribution in [0.3, 0.4) is 0 Å². The molecule has 19 heavy (non-hydrogen) atoms. The second kappa shape index (κ2) is 2.76. The molecule has 0 unspecified atom stereocenters. The van der Waals surface area contributed by atoms with E-state index < -0.39 is 0 Å². The van der Waals surface area contributed by atoms with Crippen LogP contribution in [0, 0.1) is 5.92 Å². The highest BCUT2D eigenvalue weighted by Gasteiger charge is 2.48. The third-order valence-electron chi connectivity index (χ3n) is 4.96. The molecule has 0 radical (unpaired) electrons. The first-order chi connectivity index (χ1) is 9.18. The van der Waals surface area contributed by atoms with Crippen molar-refractivity contribution in [2.24, 2.45) is 5.92 Å². The number of aromatic amines is 1. The Balaban J connectivity index is 1.87. The van der Waals surface area contributed by atoms with Gasteiger partial charge in [0.1, 0.15) is 0 Å². The normalized spacial score (nSPS) is 30.6. The topological polar surface area (TPSA) is 85.2 Å². The van der Waals surface area contributed by atoms with E-state index in [9.17, 15) is 9.59 Å². The van der Waals surface area contributed by atoms with Crippen LogP contribution < -0.4 is 16.1 Å². The Morgan fingerprint density at radius 1 is 1.32 bits per heavy atom. The van der Waals surface area contributed by atoms with Crippen molar-refractivity contribution in [3.05, 3.63) is 20.8 Å². The molecule has 1 aliphatic heterocycles. The Morgan fingerprint density at radius 2 is 2.11 bits per heavy atom. The monoisotopic (exact) mass is 260 g/mol. The van der Waals surface area contributed by atoms with Gasteiger partial charge < -0.3 is 4.84 Å². The molecular formula is C12H12N4O3. The van der Waals surface area contributed by atoms with Crippen molar-refractivity contribution < 1.29 is 4.84 Å². The van der Waals surface area contributed by atoms with Gasteiger partial charge in [-0.05, 0) is 38.0 Å². The van der Waals surface area contributed by atoms with Crippen LogP contribution in [0.25, 0.3) is 11.2 Å². The summed E-state index contributed by atoms with van der Waals surface area (Å²) >= 11 is 0. The molecule has 3 aliphatic rings. The van der Waals surface area contributed by atoms with Crippen molar-refractivity contribution in [3.8, 4) is 6.01 Å². The minimum atomic E-state index is -0.335. The van der Waals surface area contributed by atoms with E-state index in [4.69, 9.17) is 4.84 Å². The van der Waals surface area contributed by atoms with E-state index in [0.29, 0.717) is 23.1 Å². The highest BCUT2D eigenvalue weighted by Crippen LogP contribution is 2.51. The number of imidazole rings is 1. The molecule has 0 spiro atoms. The standard InChI is InChI=1S/C12H12N4O3/c17-9-7-8(14-11-16(7)19-11)13-10(18)15(9)12-3-1-6(5-12)2-4-12/h6H,1-5H2,(H,13,18). The molecule has 2 fully saturated rings. The van der Waals surface area contributed by atoms with Crippen LogP contribution in [0.1, 0.15) is 32.1 Å². The minimum absolute atomic E-state index is 0.266. The lowest BCUT2D eigenvalue weighted by molar-refractivity contribution is 0.272. The number of hydrogen-bond donors (Lipinski definition) is 1. The Bertz CT molecular complexity index is 835. The zero-order valence-electron chi connectivity index (χ0n) is 10.2. The summed E-state index contributed by atoms with van der Waals surface area (Å²) in [5.41, 5.74) is -0.185. The molecule has 7 heteroatoms. The molecular weight excluding hydrogens is 248 g/mol. The van der Waals surface area contributed by atoms with Gasteiger partial charge in [-0.2, -0.15) is 4.98 Å². The smallest absolute Gasteiger partial charge is 0.327 e. The maximum Gasteiger partial charge on any atom is 0.360 e. The molecule has 3 heterocycles. The average molecular weight is 260 g/mol. The summed E-state index contributed by atoms with van der Waals surface area (Å²) < 4.78 is 2.82. The number of hydrogen-bond acceptors (Lipinski definition) is 4. The van der Waals surface area contributed by atoms with Crippen LogP contribution in [0.5, 0.6) is 6.01 Å². The highest BCUT2D eigenvalue weighted by atomic mass is 16.8. The predicted octanol–water partition coefficient (Wildman–Crippen LogP) is 0.331. The van der Waals surface area contributed by atoms with E-state index in [-0.39, 0.29) is 16.8 Å². The van der Waals surface area contributed by atoms with Crippen LogP contribution in [0.2, 0.25) is 0 Å². The molecule has 2 saturated carbocycles. The number of rotatable bonds is 1. The molecule has 2 bridgehead atoms. The van der Waals surface area contributed by atoms with E-state index in [0.717, 1.165) is 32.1 Å². The van der Waals surface area contributed by atoms with Crippen molar-refractivity contribution in [2.75, 3.05) is 0 Å². The molecule has 98 valence electrons. The Kier molecular flexibility index (Phi) is 1.43. The molecule has 1 N–H and O–H groups in total. The van der Waals surface area contributed by atoms with Gasteiger partial charge in [0.2, 0.25) is 0 Å². The van der Waals surface area contributed by atoms with Crippen LogP contribution in [0.4, 0.5) is 0 Å². The first kappa shape index (κ1) is 9.82. The van der Waals surface area contributed by atoms with Gasteiger partial charge in [-0.3, -0.25) is 14.3 Å². The lowest BCUT2D eigenvalue weighted by Crippen LogP contribution is -2.47. The molecule has 2 aliphatic carbocycles. The zero-order valence-corrected chi connectivity index (χ0v) is 10.2. The Morgan fingerprint density at radius 3 is 2.79 bits per heavy atom. The average Bonchev–Trinajstić information content (AvgIpc) is 2.78. The van der Waals surface area contributed by atoms with Gasteiger partial charge in [-0.15, -0.1) is 4.73 Å². The van der Waals surface area contributed by atoms with E-state index in [2.05, 4.69) is 9.97 Å². The third kappa shape index (κ3) is 1.03. The van der Waals surface area contributed by atoms with Gasteiger partial charge in [-0.1, -0.05) is 0 Å². The van der Waals surface area contributed by atoms with Gasteiger partial charge >= 0.3 is 11.7 Å². The second-order valence-electron chi connectivity index (χ2n) is 5.92. The molecule has 2 aromatic rings. The van der Waals surface area contributed by atoms with Crippen molar-refractivity contribution in [1.29, 1.82) is 0 Å². The number of nitrogens with zero attached hydrogens (tertiary/aromatic N) is 3. The molecule has 0 saturated heterocycles. The van der Waals surface area contributed by atoms with Crippen LogP contribution in [-0.2, 0) is 5.54 Å². The lowest BCUT2D eigenvalue weighted by Gasteiger charge is -2.27. The molecule has 5 rings (SSSR count). The summed E-state index contributed by atoms with van der Waals surface area (Å²) in [5.74, 6) is 0.670. The maximum atomic E-state index is 12.6. The molecule has 0 atom stereocenters. The van der Waals surface area contributed by atoms with Crippen molar-refractivity contribution in [2.45, 2.75) is 37.6 Å². The van der Waals surface area contributed by atoms with Gasteiger partial charge in [0.15, 0.2) is 11.2 Å². The van der Waals surface area contributed by atoms with Gasteiger partial charge in [-0.25, -0.2) is 4.79 Å². The largest absolute Gasteiger partial charge is 0.360 e. The highest BCUT2D eigenvalue weighted by molar-refractivity contribution is 5.72. The molecule has 0 amide bonds. The van der Waals surface area contributed by atoms with E-state index in [1.54, 1.807) is 0 Å². The lowest BCUT2D eigenvalue weighted by atomic mass is 9.93. The number of aromatic nitrogens is 4. The summed E-state index contributed by atoms with van der Waals surface area (Å²) in [6.07, 6.45) is 5.03. The molecule has 0 aromatic carbocycles. The minimum Gasteiger partial charge on any atom is -0.327 e. The van der Waals surface area contributed by atoms with Crippen molar-refractivity contribution in [1.82, 2.24) is 19.3 Å². The van der Waals surface area contributed by atoms with Gasteiger partial charge in [0.25, 0.3) is 5.56 Å². The molecule has 2 aromatic heterocycles. The fourth-order valence-electron chi connectivity index (χ4n) is 4.05. The van der Waals surface area contributed by atoms with Gasteiger partial charge in [0, 0.05) is 0 Å². The summed E-state index contributed by atoms with van der Waals surface area (Å²) in [7, 11) is 0. The molecule has 7 nitrogen and oxygen atoms in total. The zero-order chi connectivity index (χ0) is 12.8. The number of nitrogens with one attached hydrogen (secondary N) is 1. The Hall–Kier alpha value is -2.05. The fraction of sp³-hybridized carbons (Fsp3) is 0.583. The SMILES string of the molecule is O=c1[nH]c2nc3n(c2c(=O)n1C12CCC(CC1)C2)O3. The van der Waals surface area contributed by atoms with Crippen molar-refractivity contribution in [3.63, 3.8) is 0 Å². The quantitative estimate of drug-likeness (QED) is 0.639. The maximum absolute atomic E-state index is 12.6. The first-order valence-corrected chi connectivity index (χ1v) is 6.65. The van der Waals surface area contributed by atoms with Crippen LogP contribution in [-0.4, -0.2) is 19.3 Å². The third-order valence-corrected chi connectivity index (χ3v) is 4.96.